The molecule has 1 aliphatic heterocycles. The summed E-state index contributed by atoms with van der Waals surface area (Å²) in [6.45, 7) is 3.36. The highest BCUT2D eigenvalue weighted by molar-refractivity contribution is 5.94. The first kappa shape index (κ1) is 15.2. The van der Waals surface area contributed by atoms with Crippen LogP contribution in [0.25, 0.3) is 0 Å². The molecule has 1 spiro atoms. The van der Waals surface area contributed by atoms with Gasteiger partial charge in [0.1, 0.15) is 0 Å². The van der Waals surface area contributed by atoms with E-state index in [-0.39, 0.29) is 16.9 Å². The molecule has 2 fully saturated rings. The quantitative estimate of drug-likeness (QED) is 0.924. The molecule has 1 amide bonds. The summed E-state index contributed by atoms with van der Waals surface area (Å²) in [6, 6.07) is 13.7. The first-order valence-corrected chi connectivity index (χ1v) is 8.63. The summed E-state index contributed by atoms with van der Waals surface area (Å²) in [5.74, 6) is 0.383. The summed E-state index contributed by atoms with van der Waals surface area (Å²) >= 11 is 0. The van der Waals surface area contributed by atoms with Gasteiger partial charge in [0.25, 0.3) is 5.91 Å². The van der Waals surface area contributed by atoms with Crippen molar-refractivity contribution in [2.45, 2.75) is 32.1 Å². The number of H-pyrrole nitrogens is 1. The highest BCUT2D eigenvalue weighted by Gasteiger charge is 2.51. The third-order valence-corrected chi connectivity index (χ3v) is 5.71. The van der Waals surface area contributed by atoms with Gasteiger partial charge < -0.3 is 9.88 Å². The van der Waals surface area contributed by atoms with Crippen LogP contribution in [0.4, 0.5) is 0 Å². The molecule has 1 atom stereocenters. The van der Waals surface area contributed by atoms with Gasteiger partial charge in [0.2, 0.25) is 5.56 Å². The molecule has 1 N–H and O–H groups in total. The molecule has 2 heterocycles. The van der Waals surface area contributed by atoms with Crippen molar-refractivity contribution in [1.29, 1.82) is 0 Å². The Labute approximate surface area is 141 Å². The molecule has 4 rings (SSSR count). The average Bonchev–Trinajstić information content (AvgIpc) is 2.95. The van der Waals surface area contributed by atoms with Gasteiger partial charge in [0, 0.05) is 36.3 Å². The molecule has 1 aromatic heterocycles. The van der Waals surface area contributed by atoms with Crippen molar-refractivity contribution in [3.05, 3.63) is 69.6 Å². The second-order valence-corrected chi connectivity index (χ2v) is 7.28. The molecule has 1 saturated heterocycles. The van der Waals surface area contributed by atoms with Crippen LogP contribution in [0.15, 0.2) is 47.3 Å². The minimum absolute atomic E-state index is 0.0195. The average molecular weight is 322 g/mol. The van der Waals surface area contributed by atoms with E-state index in [1.165, 1.54) is 30.9 Å². The van der Waals surface area contributed by atoms with E-state index in [1.54, 1.807) is 6.07 Å². The molecule has 1 aliphatic carbocycles. The lowest BCUT2D eigenvalue weighted by molar-refractivity contribution is 0.0725. The van der Waals surface area contributed by atoms with Gasteiger partial charge in [-0.1, -0.05) is 36.8 Å². The van der Waals surface area contributed by atoms with E-state index in [0.717, 1.165) is 18.8 Å². The van der Waals surface area contributed by atoms with Crippen molar-refractivity contribution in [2.24, 2.45) is 5.41 Å². The van der Waals surface area contributed by atoms with E-state index in [1.807, 2.05) is 17.9 Å². The highest BCUT2D eigenvalue weighted by atomic mass is 16.2. The summed E-state index contributed by atoms with van der Waals surface area (Å²) in [5.41, 5.74) is 2.57. The van der Waals surface area contributed by atoms with Gasteiger partial charge in [0.05, 0.1) is 0 Å². The number of hydrogen-bond acceptors (Lipinski definition) is 2. The van der Waals surface area contributed by atoms with E-state index in [2.05, 4.69) is 29.2 Å². The summed E-state index contributed by atoms with van der Waals surface area (Å²) in [6.07, 6.45) is 3.62. The standard InChI is InChI=1S/C20H22N2O2/c1-14-10-16(11-18(23)21-14)19(24)22-12-17(15-6-3-2-4-7-15)20(13-22)8-5-9-20/h2-4,6-7,10-11,17H,5,8-9,12-13H2,1H3,(H,21,23). The Hall–Kier alpha value is -2.36. The minimum atomic E-state index is -0.212. The topological polar surface area (TPSA) is 53.2 Å². The zero-order chi connectivity index (χ0) is 16.7. The fourth-order valence-electron chi connectivity index (χ4n) is 4.39. The number of pyridine rings is 1. The van der Waals surface area contributed by atoms with Crippen molar-refractivity contribution < 1.29 is 4.79 Å². The van der Waals surface area contributed by atoms with Gasteiger partial charge in [-0.3, -0.25) is 9.59 Å². The van der Waals surface area contributed by atoms with Crippen LogP contribution >= 0.6 is 0 Å². The van der Waals surface area contributed by atoms with E-state index in [4.69, 9.17) is 0 Å². The third kappa shape index (κ3) is 2.46. The molecule has 4 heteroatoms. The Bertz CT molecular complexity index is 821. The number of carbonyl (C=O) groups is 1. The van der Waals surface area contributed by atoms with Crippen LogP contribution in [0.1, 0.15) is 46.8 Å². The maximum Gasteiger partial charge on any atom is 0.254 e. The van der Waals surface area contributed by atoms with E-state index >= 15 is 0 Å². The van der Waals surface area contributed by atoms with Crippen LogP contribution in [-0.4, -0.2) is 28.9 Å². The molecule has 24 heavy (non-hydrogen) atoms. The van der Waals surface area contributed by atoms with Gasteiger partial charge in [-0.05, 0) is 36.8 Å². The lowest BCUT2D eigenvalue weighted by Crippen LogP contribution is -2.38. The second-order valence-electron chi connectivity index (χ2n) is 7.28. The Morgan fingerprint density at radius 3 is 2.58 bits per heavy atom. The number of amides is 1. The SMILES string of the molecule is Cc1cc(C(=O)N2CC(c3ccccc3)C3(CCC3)C2)cc(=O)[nH]1. The Morgan fingerprint density at radius 1 is 1.21 bits per heavy atom. The Balaban J connectivity index is 1.64. The van der Waals surface area contributed by atoms with E-state index < -0.39 is 0 Å². The van der Waals surface area contributed by atoms with Crippen LogP contribution in [0, 0.1) is 12.3 Å². The lowest BCUT2D eigenvalue weighted by atomic mass is 9.61. The number of rotatable bonds is 2. The van der Waals surface area contributed by atoms with Crippen molar-refractivity contribution in [2.75, 3.05) is 13.1 Å². The first-order chi connectivity index (χ1) is 11.6. The summed E-state index contributed by atoms with van der Waals surface area (Å²) in [5, 5.41) is 0. The molecule has 1 saturated carbocycles. The number of carbonyl (C=O) groups excluding carboxylic acids is 1. The summed E-state index contributed by atoms with van der Waals surface area (Å²) in [4.78, 5) is 29.3. The largest absolute Gasteiger partial charge is 0.337 e. The normalized spacial score (nSPS) is 21.7. The van der Waals surface area contributed by atoms with Gasteiger partial charge in [-0.2, -0.15) is 0 Å². The fourth-order valence-corrected chi connectivity index (χ4v) is 4.39. The van der Waals surface area contributed by atoms with Crippen molar-refractivity contribution >= 4 is 5.91 Å². The van der Waals surface area contributed by atoms with Crippen LogP contribution in [0.5, 0.6) is 0 Å². The summed E-state index contributed by atoms with van der Waals surface area (Å²) in [7, 11) is 0. The minimum Gasteiger partial charge on any atom is -0.337 e. The van der Waals surface area contributed by atoms with Crippen LogP contribution < -0.4 is 5.56 Å². The maximum absolute atomic E-state index is 12.9. The number of aryl methyl sites for hydroxylation is 1. The number of aromatic nitrogens is 1. The number of aromatic amines is 1. The van der Waals surface area contributed by atoms with E-state index in [0.29, 0.717) is 11.5 Å². The zero-order valence-corrected chi connectivity index (χ0v) is 13.9. The second kappa shape index (κ2) is 5.62. The molecule has 2 aliphatic rings. The first-order valence-electron chi connectivity index (χ1n) is 8.63. The predicted octanol–water partition coefficient (Wildman–Crippen LogP) is 3.09. The molecule has 124 valence electrons. The van der Waals surface area contributed by atoms with Gasteiger partial charge in [0.15, 0.2) is 0 Å². The number of likely N-dealkylation sites (tertiary alicyclic amines) is 1. The fraction of sp³-hybridized carbons (Fsp3) is 0.400. The monoisotopic (exact) mass is 322 g/mol. The molecule has 4 nitrogen and oxygen atoms in total. The van der Waals surface area contributed by atoms with E-state index in [9.17, 15) is 9.59 Å². The van der Waals surface area contributed by atoms with Gasteiger partial charge >= 0.3 is 0 Å². The van der Waals surface area contributed by atoms with Crippen LogP contribution in [0.2, 0.25) is 0 Å². The van der Waals surface area contributed by atoms with Crippen molar-refractivity contribution in [3.8, 4) is 0 Å². The Kier molecular flexibility index (Phi) is 3.56. The number of nitrogens with one attached hydrogen (secondary N) is 1. The molecule has 2 aromatic rings. The molecule has 1 unspecified atom stereocenters. The van der Waals surface area contributed by atoms with Gasteiger partial charge in [-0.15, -0.1) is 0 Å². The van der Waals surface area contributed by atoms with Crippen LogP contribution in [0.3, 0.4) is 0 Å². The lowest BCUT2D eigenvalue weighted by Gasteiger charge is -2.43. The highest BCUT2D eigenvalue weighted by Crippen LogP contribution is 2.55. The maximum atomic E-state index is 12.9. The number of hydrogen-bond donors (Lipinski definition) is 1. The molecule has 0 bridgehead atoms. The molecular formula is C20H22N2O2. The summed E-state index contributed by atoms with van der Waals surface area (Å²) < 4.78 is 0. The van der Waals surface area contributed by atoms with Gasteiger partial charge in [-0.25, -0.2) is 0 Å². The van der Waals surface area contributed by atoms with Crippen molar-refractivity contribution in [3.63, 3.8) is 0 Å². The van der Waals surface area contributed by atoms with Crippen LogP contribution in [-0.2, 0) is 0 Å². The Morgan fingerprint density at radius 2 is 1.96 bits per heavy atom. The molecule has 1 aromatic carbocycles. The smallest absolute Gasteiger partial charge is 0.254 e. The molecular weight excluding hydrogens is 300 g/mol. The third-order valence-electron chi connectivity index (χ3n) is 5.71. The number of benzene rings is 1. The number of nitrogens with zero attached hydrogens (tertiary/aromatic N) is 1. The van der Waals surface area contributed by atoms with Crippen molar-refractivity contribution in [1.82, 2.24) is 9.88 Å². The predicted molar refractivity (Wildman–Crippen MR) is 93.2 cm³/mol. The zero-order valence-electron chi connectivity index (χ0n) is 13.9. The molecule has 0 radical (unpaired) electrons.